The average Bonchev–Trinajstić information content (AvgIpc) is 2.23. The first-order chi connectivity index (χ1) is 8.20. The van der Waals surface area contributed by atoms with Crippen LogP contribution in [0.4, 0.5) is 0 Å². The highest BCUT2D eigenvalue weighted by atomic mass is 16.5. The summed E-state index contributed by atoms with van der Waals surface area (Å²) in [5.41, 5.74) is -0.819. The number of rotatable bonds is 4. The van der Waals surface area contributed by atoms with Crippen LogP contribution in [0.5, 0.6) is 0 Å². The molecule has 54 valence electrons. The molecule has 2 atom stereocenters. The molecule has 0 fully saturated rings. The normalized spacial score (nSPS) is 43.2. The van der Waals surface area contributed by atoms with Crippen molar-refractivity contribution >= 4 is 5.97 Å². The maximum atomic E-state index is 11.0. The topological polar surface area (TPSA) is 63.3 Å². The molecular formula is C6H13NO2. The van der Waals surface area contributed by atoms with Crippen molar-refractivity contribution in [3.8, 4) is 0 Å². The molecule has 0 radical (unpaired) electrons. The molecule has 0 aliphatic carbocycles. The molecule has 3 nitrogen and oxygen atoms in total. The minimum atomic E-state index is -3.68. The van der Waals surface area contributed by atoms with E-state index in [1.807, 2.05) is 0 Å². The second kappa shape index (κ2) is 3.45. The van der Waals surface area contributed by atoms with Gasteiger partial charge in [0.25, 0.3) is 0 Å². The zero-order valence-electron chi connectivity index (χ0n) is 14.5. The predicted octanol–water partition coefficient (Wildman–Crippen LogP) is 0.444. The third kappa shape index (κ3) is 3.97. The summed E-state index contributed by atoms with van der Waals surface area (Å²) in [6, 6.07) is -3.66. The van der Waals surface area contributed by atoms with E-state index < -0.39 is 43.7 Å². The molecule has 9 heavy (non-hydrogen) atoms. The molecule has 0 rings (SSSR count). The van der Waals surface area contributed by atoms with Gasteiger partial charge in [0.1, 0.15) is 8.84 Å². The van der Waals surface area contributed by atoms with Crippen molar-refractivity contribution in [1.29, 1.82) is 0 Å². The Labute approximate surface area is 69.0 Å². The van der Waals surface area contributed by atoms with Crippen molar-refractivity contribution in [2.75, 3.05) is 0 Å². The molecule has 0 heterocycles. The molecule has 0 saturated heterocycles. The summed E-state index contributed by atoms with van der Waals surface area (Å²) in [5, 5.41) is 8.83. The zero-order valence-corrected chi connectivity index (χ0v) is 4.51. The largest absolute Gasteiger partial charge is 0.480 e. The summed E-state index contributed by atoms with van der Waals surface area (Å²) in [6.45, 7) is -4.77. The maximum Gasteiger partial charge on any atom is 0.320 e. The number of hydrogen-bond donors (Lipinski definition) is 2. The van der Waals surface area contributed by atoms with Crippen molar-refractivity contribution in [2.45, 2.75) is 26.1 Å². The molecule has 0 aliphatic heterocycles. The predicted molar refractivity (Wildman–Crippen MR) is 35.1 cm³/mol. The highest BCUT2D eigenvalue weighted by Gasteiger charge is 2.11. The summed E-state index contributed by atoms with van der Waals surface area (Å²) >= 11 is 0. The third-order valence-electron chi connectivity index (χ3n) is 0.472. The Bertz CT molecular complexity index is 356. The van der Waals surface area contributed by atoms with E-state index in [1.54, 1.807) is 0 Å². The number of nitrogens with two attached hydrogens (primary N) is 1. The second-order valence-corrected chi connectivity index (χ2v) is 1.26. The first-order valence-electron chi connectivity index (χ1n) is 7.11. The summed E-state index contributed by atoms with van der Waals surface area (Å²) in [6.07, 6.45) is -3.68. The summed E-state index contributed by atoms with van der Waals surface area (Å²) in [5.74, 6) is -5.57. The smallest absolute Gasteiger partial charge is 0.320 e. The minimum Gasteiger partial charge on any atom is -0.480 e. The van der Waals surface area contributed by atoms with Crippen LogP contribution in [0.2, 0.25) is 2.82 Å². The SMILES string of the molecule is [2H][13CH2][13C]([2H])([13C]([2H])([2H])[2H])[13C]([2H])([2H])[13C@@]([2H])([13C](=O)O)N([2H])[2H]. The standard InChI is InChI=1S/C6H13NO2/c1-4(2)3-5(7)6(8)9/h4-5H,3,7H2,1-2H3,(H,8,9)/t5-/m0/s1/i1+1D,2+1D3,3+1D2,4+1D,5+1D,6+1/hD2/t4?,5-. The lowest BCUT2D eigenvalue weighted by Crippen LogP contribution is -2.31. The molecule has 0 aromatic carbocycles. The number of hydrogen-bond acceptors (Lipinski definition) is 2. The minimum absolute atomic E-state index is 0.819. The fraction of sp³-hybridized carbons (Fsp3) is 0.833. The number of carbonyl (C=O) groups is 1. The lowest BCUT2D eigenvalue weighted by Gasteiger charge is -2.07. The van der Waals surface area contributed by atoms with Gasteiger partial charge in [-0.25, -0.2) is 0 Å². The van der Waals surface area contributed by atoms with Gasteiger partial charge >= 0.3 is 5.97 Å². The molecule has 0 spiro atoms. The van der Waals surface area contributed by atoms with E-state index in [4.69, 9.17) is 18.9 Å². The van der Waals surface area contributed by atoms with Gasteiger partial charge in [-0.15, -0.1) is 0 Å². The zero-order chi connectivity index (χ0) is 15.9. The fourth-order valence-corrected chi connectivity index (χ4v) is 0.196. The lowest BCUT2D eigenvalue weighted by molar-refractivity contribution is -0.138. The van der Waals surface area contributed by atoms with Gasteiger partial charge in [0.15, 0.2) is 0 Å². The summed E-state index contributed by atoms with van der Waals surface area (Å²) in [4.78, 5) is 11.0. The Morgan fingerprint density at radius 3 is 3.44 bits per heavy atom. The Balaban J connectivity index is 6.15. The molecule has 3 heteroatoms. The van der Waals surface area contributed by atoms with Gasteiger partial charge in [-0.2, -0.15) is 0 Å². The molecule has 1 unspecified atom stereocenters. The van der Waals surface area contributed by atoms with E-state index in [1.165, 1.54) is 0 Å². The van der Waals surface area contributed by atoms with Crippen molar-refractivity contribution in [3.63, 3.8) is 0 Å². The van der Waals surface area contributed by atoms with Crippen LogP contribution in [-0.2, 0) is 4.79 Å². The molecule has 0 aliphatic rings. The molecule has 3 N–H and O–H groups in total. The van der Waals surface area contributed by atoms with E-state index >= 15 is 0 Å². The van der Waals surface area contributed by atoms with Crippen molar-refractivity contribution in [3.05, 3.63) is 0 Å². The summed E-state index contributed by atoms with van der Waals surface area (Å²) in [7, 11) is 0. The summed E-state index contributed by atoms with van der Waals surface area (Å²) < 4.78 is 71.9. The van der Waals surface area contributed by atoms with E-state index in [2.05, 4.69) is 0 Å². The van der Waals surface area contributed by atoms with Crippen molar-refractivity contribution in [1.82, 2.24) is 0 Å². The number of aliphatic carboxylic acids is 1. The van der Waals surface area contributed by atoms with Crippen LogP contribution in [0.3, 0.4) is 0 Å². The monoisotopic (exact) mass is 147 g/mol. The average molecular weight is 147 g/mol. The van der Waals surface area contributed by atoms with E-state index in [0.29, 0.717) is 0 Å². The molecule has 0 aromatic heterocycles. The van der Waals surface area contributed by atoms with E-state index in [-0.39, 0.29) is 0 Å². The molecular weight excluding hydrogens is 124 g/mol. The second-order valence-electron chi connectivity index (χ2n) is 1.26. The van der Waals surface area contributed by atoms with Gasteiger partial charge < -0.3 is 10.8 Å². The van der Waals surface area contributed by atoms with E-state index in [0.717, 1.165) is 0 Å². The quantitative estimate of drug-likeness (QED) is 0.567. The fourth-order valence-electron chi connectivity index (χ4n) is 0.196. The van der Waals surface area contributed by atoms with Crippen molar-refractivity contribution < 1.29 is 23.7 Å². The molecule has 0 aromatic rings. The van der Waals surface area contributed by atoms with Crippen LogP contribution in [0.1, 0.15) is 31.1 Å². The van der Waals surface area contributed by atoms with Gasteiger partial charge in [-0.1, -0.05) is 13.8 Å². The lowest BCUT2D eigenvalue weighted by atomic mass is 11.0. The highest BCUT2D eigenvalue weighted by molar-refractivity contribution is 5.72. The van der Waals surface area contributed by atoms with Gasteiger partial charge in [0.05, 0.1) is 1.37 Å². The van der Waals surface area contributed by atoms with Crippen LogP contribution >= 0.6 is 0 Å². The van der Waals surface area contributed by atoms with Gasteiger partial charge in [-0.05, 0) is 12.3 Å². The molecule has 0 bridgehead atoms. The van der Waals surface area contributed by atoms with Crippen LogP contribution in [0, 0.1) is 5.89 Å². The van der Waals surface area contributed by atoms with Crippen LogP contribution < -0.4 is 5.72 Å². The van der Waals surface area contributed by atoms with Gasteiger partial charge in [0, 0.05) is 9.60 Å². The highest BCUT2D eigenvalue weighted by Crippen LogP contribution is 2.01. The Kier molecular flexibility index (Phi) is 0.588. The molecule has 0 amide bonds. The Morgan fingerprint density at radius 1 is 2.33 bits per heavy atom. The first kappa shape index (κ1) is 1.53. The van der Waals surface area contributed by atoms with Crippen molar-refractivity contribution in [2.24, 2.45) is 11.6 Å². The Morgan fingerprint density at radius 2 is 3.11 bits per heavy atom. The van der Waals surface area contributed by atoms with Crippen LogP contribution in [0.15, 0.2) is 0 Å². The first-order valence-corrected chi connectivity index (χ1v) is 2.00. The number of carboxylic acid groups (broad SMARTS) is 1. The van der Waals surface area contributed by atoms with E-state index in [9.17, 15) is 4.79 Å². The Hall–Kier alpha value is -0.570. The molecule has 0 saturated carbocycles. The van der Waals surface area contributed by atoms with Crippen LogP contribution in [0.25, 0.3) is 0 Å². The van der Waals surface area contributed by atoms with Gasteiger partial charge in [0.2, 0.25) is 0 Å². The maximum absolute atomic E-state index is 11.0. The third-order valence-corrected chi connectivity index (χ3v) is 0.472. The van der Waals surface area contributed by atoms with Crippen LogP contribution in [-0.4, -0.2) is 17.1 Å². The van der Waals surface area contributed by atoms with Gasteiger partial charge in [-0.3, -0.25) is 4.79 Å². The number of carboxylic acids is 1.